The molecule has 2 nitrogen and oxygen atoms in total. The Bertz CT molecular complexity index is 168. The van der Waals surface area contributed by atoms with Crippen LogP contribution in [0.2, 0.25) is 19.6 Å². The summed E-state index contributed by atoms with van der Waals surface area (Å²) >= 11 is 0. The molecule has 0 fully saturated rings. The molecule has 0 aromatic heterocycles. The van der Waals surface area contributed by atoms with Crippen molar-refractivity contribution in [1.82, 2.24) is 5.32 Å². The van der Waals surface area contributed by atoms with Crippen LogP contribution in [0.15, 0.2) is 0 Å². The lowest BCUT2D eigenvalue weighted by Gasteiger charge is -2.17. The number of hydrogen-bond acceptors (Lipinski definition) is 2. The first-order valence-electron chi connectivity index (χ1n) is 7.91. The van der Waals surface area contributed by atoms with Gasteiger partial charge in [-0.05, 0) is 32.6 Å². The van der Waals surface area contributed by atoms with Gasteiger partial charge < -0.3 is 9.74 Å². The van der Waals surface area contributed by atoms with E-state index in [1.165, 1.54) is 51.4 Å². The van der Waals surface area contributed by atoms with Crippen molar-refractivity contribution in [3.05, 3.63) is 0 Å². The Hall–Kier alpha value is 0.137. The van der Waals surface area contributed by atoms with Crippen molar-refractivity contribution < 1.29 is 4.43 Å². The topological polar surface area (TPSA) is 21.3 Å². The fourth-order valence-corrected chi connectivity index (χ4v) is 2.65. The second kappa shape index (κ2) is 12.2. The maximum absolute atomic E-state index is 5.79. The molecule has 0 rings (SSSR count). The molecule has 0 unspecified atom stereocenters. The molecule has 18 heavy (non-hydrogen) atoms. The van der Waals surface area contributed by atoms with Gasteiger partial charge in [0.2, 0.25) is 0 Å². The maximum atomic E-state index is 5.79. The third-order valence-corrected chi connectivity index (χ3v) is 4.09. The number of nitrogens with one attached hydrogen (secondary N) is 1. The van der Waals surface area contributed by atoms with Crippen molar-refractivity contribution >= 4 is 8.32 Å². The highest BCUT2D eigenvalue weighted by molar-refractivity contribution is 6.69. The molecule has 110 valence electrons. The Labute approximate surface area is 116 Å². The summed E-state index contributed by atoms with van der Waals surface area (Å²) in [5.41, 5.74) is 0. The summed E-state index contributed by atoms with van der Waals surface area (Å²) in [6.45, 7) is 12.1. The molecular formula is C15H35NOSi. The van der Waals surface area contributed by atoms with Crippen LogP contribution in [0.25, 0.3) is 0 Å². The van der Waals surface area contributed by atoms with Gasteiger partial charge >= 0.3 is 0 Å². The fourth-order valence-electron chi connectivity index (χ4n) is 1.94. The predicted molar refractivity (Wildman–Crippen MR) is 84.8 cm³/mol. The van der Waals surface area contributed by atoms with Gasteiger partial charge in [0.1, 0.15) is 0 Å². The van der Waals surface area contributed by atoms with Crippen molar-refractivity contribution in [2.24, 2.45) is 0 Å². The summed E-state index contributed by atoms with van der Waals surface area (Å²) in [7, 11) is -1.29. The van der Waals surface area contributed by atoms with Crippen molar-refractivity contribution in [1.29, 1.82) is 0 Å². The van der Waals surface area contributed by atoms with Gasteiger partial charge in [-0.2, -0.15) is 0 Å². The Balaban J connectivity index is 2.99. The highest BCUT2D eigenvalue weighted by Gasteiger charge is 2.12. The smallest absolute Gasteiger partial charge is 0.183 e. The summed E-state index contributed by atoms with van der Waals surface area (Å²) in [4.78, 5) is 0. The van der Waals surface area contributed by atoms with Crippen molar-refractivity contribution in [2.45, 2.75) is 77.9 Å². The molecule has 1 N–H and O–H groups in total. The van der Waals surface area contributed by atoms with Crippen molar-refractivity contribution in [3.8, 4) is 0 Å². The van der Waals surface area contributed by atoms with E-state index in [2.05, 4.69) is 31.9 Å². The minimum absolute atomic E-state index is 0.882. The van der Waals surface area contributed by atoms with E-state index in [0.29, 0.717) is 0 Å². The molecule has 3 heteroatoms. The molecule has 0 amide bonds. The highest BCUT2D eigenvalue weighted by atomic mass is 28.4. The number of rotatable bonds is 13. The summed E-state index contributed by atoms with van der Waals surface area (Å²) in [6.07, 6.45) is 11.2. The van der Waals surface area contributed by atoms with Crippen molar-refractivity contribution in [2.75, 3.05) is 19.7 Å². The van der Waals surface area contributed by atoms with E-state index < -0.39 is 8.32 Å². The molecule has 0 radical (unpaired) electrons. The van der Waals surface area contributed by atoms with Gasteiger partial charge in [-0.25, -0.2) is 0 Å². The van der Waals surface area contributed by atoms with E-state index in [4.69, 9.17) is 4.43 Å². The van der Waals surface area contributed by atoms with Gasteiger partial charge in [0.25, 0.3) is 0 Å². The highest BCUT2D eigenvalue weighted by Crippen LogP contribution is 2.07. The van der Waals surface area contributed by atoms with E-state index in [-0.39, 0.29) is 0 Å². The van der Waals surface area contributed by atoms with Crippen LogP contribution in [0, 0.1) is 0 Å². The third-order valence-electron chi connectivity index (χ3n) is 3.02. The van der Waals surface area contributed by atoms with E-state index in [1.54, 1.807) is 0 Å². The first-order valence-corrected chi connectivity index (χ1v) is 11.3. The first kappa shape index (κ1) is 18.1. The molecule has 0 spiro atoms. The molecule has 0 aliphatic rings. The molecule has 0 atom stereocenters. The van der Waals surface area contributed by atoms with Gasteiger partial charge in [0, 0.05) is 13.2 Å². The van der Waals surface area contributed by atoms with E-state index in [9.17, 15) is 0 Å². The minimum atomic E-state index is -1.29. The zero-order valence-electron chi connectivity index (χ0n) is 13.2. The Morgan fingerprint density at radius 3 is 1.89 bits per heavy atom. The Kier molecular flexibility index (Phi) is 12.3. The van der Waals surface area contributed by atoms with Gasteiger partial charge in [-0.15, -0.1) is 0 Å². The summed E-state index contributed by atoms with van der Waals surface area (Å²) < 4.78 is 5.79. The van der Waals surface area contributed by atoms with Crippen LogP contribution >= 0.6 is 0 Å². The summed E-state index contributed by atoms with van der Waals surface area (Å²) in [5.74, 6) is 0. The van der Waals surface area contributed by atoms with E-state index in [0.717, 1.165) is 19.7 Å². The van der Waals surface area contributed by atoms with E-state index >= 15 is 0 Å². The predicted octanol–water partition coefficient (Wildman–Crippen LogP) is 4.57. The van der Waals surface area contributed by atoms with Gasteiger partial charge in [-0.3, -0.25) is 0 Å². The lowest BCUT2D eigenvalue weighted by atomic mass is 10.1. The average molecular weight is 274 g/mol. The fraction of sp³-hybridized carbons (Fsp3) is 1.00. The second-order valence-electron chi connectivity index (χ2n) is 6.19. The van der Waals surface area contributed by atoms with Crippen LogP contribution in [-0.4, -0.2) is 28.0 Å². The average Bonchev–Trinajstić information content (AvgIpc) is 2.29. The molecule has 0 aromatic carbocycles. The SMILES string of the molecule is CCCCCCCCCCNCCO[Si](C)(C)C. The lowest BCUT2D eigenvalue weighted by molar-refractivity contribution is 0.307. The maximum Gasteiger partial charge on any atom is 0.183 e. The summed E-state index contributed by atoms with van der Waals surface area (Å²) in [5, 5.41) is 3.47. The lowest BCUT2D eigenvalue weighted by Crippen LogP contribution is -2.30. The summed E-state index contributed by atoms with van der Waals surface area (Å²) in [6, 6.07) is 0. The van der Waals surface area contributed by atoms with Crippen LogP contribution in [0.1, 0.15) is 58.3 Å². The monoisotopic (exact) mass is 273 g/mol. The number of hydrogen-bond donors (Lipinski definition) is 1. The normalized spacial score (nSPS) is 12.0. The zero-order valence-corrected chi connectivity index (χ0v) is 14.2. The largest absolute Gasteiger partial charge is 0.416 e. The van der Waals surface area contributed by atoms with Gasteiger partial charge in [0.05, 0.1) is 0 Å². The van der Waals surface area contributed by atoms with Crippen LogP contribution in [0.3, 0.4) is 0 Å². The quantitative estimate of drug-likeness (QED) is 0.392. The molecule has 0 heterocycles. The first-order chi connectivity index (χ1) is 8.56. The van der Waals surface area contributed by atoms with Crippen LogP contribution < -0.4 is 5.32 Å². The molecule has 0 aliphatic heterocycles. The molecular weight excluding hydrogens is 238 g/mol. The Morgan fingerprint density at radius 1 is 0.778 bits per heavy atom. The van der Waals surface area contributed by atoms with Crippen molar-refractivity contribution in [3.63, 3.8) is 0 Å². The molecule has 0 saturated carbocycles. The Morgan fingerprint density at radius 2 is 1.33 bits per heavy atom. The van der Waals surface area contributed by atoms with E-state index in [1.807, 2.05) is 0 Å². The third kappa shape index (κ3) is 16.1. The van der Waals surface area contributed by atoms with Crippen LogP contribution in [-0.2, 0) is 4.43 Å². The second-order valence-corrected chi connectivity index (χ2v) is 10.7. The molecule has 0 aliphatic carbocycles. The van der Waals surface area contributed by atoms with Crippen LogP contribution in [0.4, 0.5) is 0 Å². The van der Waals surface area contributed by atoms with Gasteiger partial charge in [-0.1, -0.05) is 51.9 Å². The molecule has 0 bridgehead atoms. The standard InChI is InChI=1S/C15H35NOSi/c1-5-6-7-8-9-10-11-12-13-16-14-15-17-18(2,3)4/h16H,5-15H2,1-4H3. The number of unbranched alkanes of at least 4 members (excludes halogenated alkanes) is 7. The van der Waals surface area contributed by atoms with Gasteiger partial charge in [0.15, 0.2) is 8.32 Å². The molecule has 0 saturated heterocycles. The van der Waals surface area contributed by atoms with Crippen LogP contribution in [0.5, 0.6) is 0 Å². The molecule has 0 aromatic rings. The minimum Gasteiger partial charge on any atom is -0.416 e. The zero-order chi connectivity index (χ0) is 13.7.